The van der Waals surface area contributed by atoms with E-state index in [9.17, 15) is 0 Å². The van der Waals surface area contributed by atoms with E-state index in [1.165, 1.54) is 10.4 Å². The molecule has 1 aromatic carbocycles. The third kappa shape index (κ3) is 5.32. The lowest BCUT2D eigenvalue weighted by Gasteiger charge is -2.21. The fourth-order valence-corrected chi connectivity index (χ4v) is 2.78. The van der Waals surface area contributed by atoms with Crippen LogP contribution in [0.15, 0.2) is 46.8 Å². The molecule has 114 valence electrons. The summed E-state index contributed by atoms with van der Waals surface area (Å²) < 4.78 is 0. The normalized spacial score (nSPS) is 11.9. The van der Waals surface area contributed by atoms with Gasteiger partial charge in [0.2, 0.25) is 0 Å². The number of thiophene rings is 1. The average molecular weight is 415 g/mol. The summed E-state index contributed by atoms with van der Waals surface area (Å²) in [4.78, 5) is 5.79. The van der Waals surface area contributed by atoms with E-state index in [0.29, 0.717) is 12.5 Å². The highest BCUT2D eigenvalue weighted by Crippen LogP contribution is 2.27. The SMILES string of the molecule is Cc1cccc(NC(N)=NCC(C)(C)c2cccs2)c1.I. The van der Waals surface area contributed by atoms with Crippen molar-refractivity contribution in [2.24, 2.45) is 10.7 Å². The van der Waals surface area contributed by atoms with E-state index in [2.05, 4.69) is 54.7 Å². The van der Waals surface area contributed by atoms with Crippen LogP contribution in [0.5, 0.6) is 0 Å². The Balaban J connectivity index is 0.00000220. The van der Waals surface area contributed by atoms with Crippen molar-refractivity contribution in [1.82, 2.24) is 0 Å². The van der Waals surface area contributed by atoms with Gasteiger partial charge in [0.1, 0.15) is 0 Å². The molecule has 0 fully saturated rings. The predicted octanol–water partition coefficient (Wildman–Crippen LogP) is 4.38. The zero-order valence-electron chi connectivity index (χ0n) is 12.6. The standard InChI is InChI=1S/C16H21N3S.HI/c1-12-6-4-7-13(10-12)19-15(17)18-11-16(2,3)14-8-5-9-20-14;/h4-10H,11H2,1-3H3,(H3,17,18,19);1H. The Morgan fingerprint density at radius 2 is 2.05 bits per heavy atom. The van der Waals surface area contributed by atoms with Gasteiger partial charge in [-0.05, 0) is 36.1 Å². The van der Waals surface area contributed by atoms with Crippen molar-refractivity contribution >= 4 is 47.0 Å². The van der Waals surface area contributed by atoms with Crippen LogP contribution in [0.4, 0.5) is 5.69 Å². The molecular formula is C16H22IN3S. The number of halogens is 1. The van der Waals surface area contributed by atoms with Crippen LogP contribution in [0, 0.1) is 6.92 Å². The average Bonchev–Trinajstić information content (AvgIpc) is 2.91. The summed E-state index contributed by atoms with van der Waals surface area (Å²) in [5.41, 5.74) is 8.13. The number of hydrogen-bond donors (Lipinski definition) is 2. The van der Waals surface area contributed by atoms with Crippen molar-refractivity contribution in [3.8, 4) is 0 Å². The largest absolute Gasteiger partial charge is 0.370 e. The molecule has 0 bridgehead atoms. The smallest absolute Gasteiger partial charge is 0.193 e. The van der Waals surface area contributed by atoms with E-state index >= 15 is 0 Å². The van der Waals surface area contributed by atoms with Crippen molar-refractivity contribution in [2.75, 3.05) is 11.9 Å². The summed E-state index contributed by atoms with van der Waals surface area (Å²) in [5.74, 6) is 0.459. The van der Waals surface area contributed by atoms with Gasteiger partial charge in [0.25, 0.3) is 0 Å². The minimum atomic E-state index is 0. The fourth-order valence-electron chi connectivity index (χ4n) is 1.93. The molecular weight excluding hydrogens is 393 g/mol. The van der Waals surface area contributed by atoms with Crippen LogP contribution in [-0.4, -0.2) is 12.5 Å². The number of benzene rings is 1. The van der Waals surface area contributed by atoms with Crippen molar-refractivity contribution < 1.29 is 0 Å². The number of nitrogens with zero attached hydrogens (tertiary/aromatic N) is 1. The number of anilines is 1. The lowest BCUT2D eigenvalue weighted by atomic mass is 9.92. The van der Waals surface area contributed by atoms with Gasteiger partial charge >= 0.3 is 0 Å². The minimum Gasteiger partial charge on any atom is -0.370 e. The van der Waals surface area contributed by atoms with Gasteiger partial charge in [0.05, 0.1) is 6.54 Å². The summed E-state index contributed by atoms with van der Waals surface area (Å²) in [6.07, 6.45) is 0. The highest BCUT2D eigenvalue weighted by molar-refractivity contribution is 14.0. The third-order valence-electron chi connectivity index (χ3n) is 3.12. The van der Waals surface area contributed by atoms with Crippen LogP contribution < -0.4 is 11.1 Å². The van der Waals surface area contributed by atoms with Gasteiger partial charge in [-0.3, -0.25) is 4.99 Å². The van der Waals surface area contributed by atoms with Gasteiger partial charge in [0, 0.05) is 16.0 Å². The first-order chi connectivity index (χ1) is 9.47. The molecule has 5 heteroatoms. The van der Waals surface area contributed by atoms with Gasteiger partial charge in [-0.1, -0.05) is 32.0 Å². The number of aliphatic imine (C=N–C) groups is 1. The first kappa shape index (κ1) is 18.0. The zero-order valence-corrected chi connectivity index (χ0v) is 15.7. The van der Waals surface area contributed by atoms with Gasteiger partial charge in [-0.25, -0.2) is 0 Å². The molecule has 1 aromatic heterocycles. The molecule has 0 saturated carbocycles. The Morgan fingerprint density at radius 1 is 1.29 bits per heavy atom. The summed E-state index contributed by atoms with van der Waals surface area (Å²) in [6, 6.07) is 12.3. The predicted molar refractivity (Wildman–Crippen MR) is 104 cm³/mol. The van der Waals surface area contributed by atoms with E-state index in [1.54, 1.807) is 11.3 Å². The molecule has 0 unspecified atom stereocenters. The molecule has 21 heavy (non-hydrogen) atoms. The summed E-state index contributed by atoms with van der Waals surface area (Å²) >= 11 is 1.76. The highest BCUT2D eigenvalue weighted by atomic mass is 127. The first-order valence-electron chi connectivity index (χ1n) is 6.65. The maximum absolute atomic E-state index is 5.96. The molecule has 0 aliphatic heterocycles. The monoisotopic (exact) mass is 415 g/mol. The lowest BCUT2D eigenvalue weighted by Crippen LogP contribution is -2.27. The number of rotatable bonds is 4. The van der Waals surface area contributed by atoms with Gasteiger partial charge < -0.3 is 11.1 Å². The van der Waals surface area contributed by atoms with Crippen LogP contribution in [0.25, 0.3) is 0 Å². The number of nitrogens with one attached hydrogen (secondary N) is 1. The quantitative estimate of drug-likeness (QED) is 0.443. The number of guanidine groups is 1. The second kappa shape index (κ2) is 7.79. The maximum Gasteiger partial charge on any atom is 0.193 e. The van der Waals surface area contributed by atoms with Gasteiger partial charge in [-0.15, -0.1) is 35.3 Å². The van der Waals surface area contributed by atoms with E-state index in [0.717, 1.165) is 5.69 Å². The third-order valence-corrected chi connectivity index (χ3v) is 4.36. The number of hydrogen-bond acceptors (Lipinski definition) is 2. The number of nitrogens with two attached hydrogens (primary N) is 1. The summed E-state index contributed by atoms with van der Waals surface area (Å²) in [7, 11) is 0. The molecule has 0 aliphatic rings. The minimum absolute atomic E-state index is 0. The molecule has 0 radical (unpaired) electrons. The maximum atomic E-state index is 5.96. The van der Waals surface area contributed by atoms with Crippen LogP contribution in [0.1, 0.15) is 24.3 Å². The highest BCUT2D eigenvalue weighted by Gasteiger charge is 2.21. The summed E-state index contributed by atoms with van der Waals surface area (Å²) in [6.45, 7) is 7.08. The van der Waals surface area contributed by atoms with Gasteiger partial charge in [0.15, 0.2) is 5.96 Å². The Hall–Kier alpha value is -1.08. The molecule has 3 nitrogen and oxygen atoms in total. The molecule has 0 atom stereocenters. The molecule has 0 aliphatic carbocycles. The van der Waals surface area contributed by atoms with E-state index in [-0.39, 0.29) is 29.4 Å². The van der Waals surface area contributed by atoms with E-state index in [1.807, 2.05) is 18.2 Å². The molecule has 0 spiro atoms. The van der Waals surface area contributed by atoms with Crippen molar-refractivity contribution in [3.63, 3.8) is 0 Å². The van der Waals surface area contributed by atoms with Crippen molar-refractivity contribution in [2.45, 2.75) is 26.2 Å². The molecule has 0 amide bonds. The molecule has 2 aromatic rings. The van der Waals surface area contributed by atoms with Crippen molar-refractivity contribution in [1.29, 1.82) is 0 Å². The molecule has 0 saturated heterocycles. The Kier molecular flexibility index (Phi) is 6.67. The van der Waals surface area contributed by atoms with Crippen LogP contribution in [0.3, 0.4) is 0 Å². The number of aryl methyl sites for hydroxylation is 1. The Morgan fingerprint density at radius 3 is 2.67 bits per heavy atom. The van der Waals surface area contributed by atoms with E-state index in [4.69, 9.17) is 5.73 Å². The Bertz CT molecular complexity index is 591. The van der Waals surface area contributed by atoms with E-state index < -0.39 is 0 Å². The molecule has 1 heterocycles. The topological polar surface area (TPSA) is 50.4 Å². The Labute approximate surface area is 147 Å². The molecule has 2 rings (SSSR count). The van der Waals surface area contributed by atoms with Crippen molar-refractivity contribution in [3.05, 3.63) is 52.2 Å². The fraction of sp³-hybridized carbons (Fsp3) is 0.312. The lowest BCUT2D eigenvalue weighted by molar-refractivity contribution is 0.551. The van der Waals surface area contributed by atoms with Crippen LogP contribution in [-0.2, 0) is 5.41 Å². The van der Waals surface area contributed by atoms with Crippen LogP contribution >= 0.6 is 35.3 Å². The van der Waals surface area contributed by atoms with Crippen LogP contribution in [0.2, 0.25) is 0 Å². The summed E-state index contributed by atoms with van der Waals surface area (Å²) in [5, 5.41) is 5.22. The first-order valence-corrected chi connectivity index (χ1v) is 7.53. The molecule has 3 N–H and O–H groups in total. The zero-order chi connectivity index (χ0) is 14.6. The second-order valence-electron chi connectivity index (χ2n) is 5.56. The second-order valence-corrected chi connectivity index (χ2v) is 6.50. The van der Waals surface area contributed by atoms with Gasteiger partial charge in [-0.2, -0.15) is 0 Å².